The van der Waals surface area contributed by atoms with E-state index in [2.05, 4.69) is 49.7 Å². The number of hydrogen-bond acceptors (Lipinski definition) is 6. The second-order valence-electron chi connectivity index (χ2n) is 6.77. The number of hydrogen-bond donors (Lipinski definition) is 1. The Morgan fingerprint density at radius 1 is 1.41 bits per heavy atom. The summed E-state index contributed by atoms with van der Waals surface area (Å²) >= 11 is 1.63. The van der Waals surface area contributed by atoms with Gasteiger partial charge in [0, 0.05) is 51.9 Å². The molecule has 0 spiro atoms. The van der Waals surface area contributed by atoms with Gasteiger partial charge in [-0.2, -0.15) is 5.10 Å². The normalized spacial score (nSPS) is 14.4. The average Bonchev–Trinajstić information content (AvgIpc) is 3.26. The number of likely N-dealkylation sites (N-methyl/N-ethyl adjacent to an activating group) is 1. The Morgan fingerprint density at radius 3 is 2.70 bits per heavy atom. The number of guanidine groups is 1. The van der Waals surface area contributed by atoms with Crippen LogP contribution in [0.5, 0.6) is 0 Å². The van der Waals surface area contributed by atoms with Gasteiger partial charge < -0.3 is 19.9 Å². The lowest BCUT2D eigenvalue weighted by Gasteiger charge is -2.27. The summed E-state index contributed by atoms with van der Waals surface area (Å²) in [6.07, 6.45) is 3.98. The van der Waals surface area contributed by atoms with Crippen molar-refractivity contribution >= 4 is 17.3 Å². The number of rotatable bonds is 8. The SMILES string of the molecule is CN=C(NCC(c1cnn(C)c1)N(C)C)N(C)Cc1csc(C(C)OC)n1. The van der Waals surface area contributed by atoms with Crippen molar-refractivity contribution in [2.24, 2.45) is 12.0 Å². The molecule has 2 rings (SSSR count). The molecule has 0 radical (unpaired) electrons. The van der Waals surface area contributed by atoms with Gasteiger partial charge >= 0.3 is 0 Å². The molecule has 0 aromatic carbocycles. The van der Waals surface area contributed by atoms with Crippen molar-refractivity contribution in [2.45, 2.75) is 25.6 Å². The fourth-order valence-electron chi connectivity index (χ4n) is 2.78. The first-order valence-corrected chi connectivity index (χ1v) is 9.77. The molecule has 2 atom stereocenters. The first-order chi connectivity index (χ1) is 12.8. The summed E-state index contributed by atoms with van der Waals surface area (Å²) < 4.78 is 7.17. The third-order valence-electron chi connectivity index (χ3n) is 4.43. The maximum absolute atomic E-state index is 5.34. The van der Waals surface area contributed by atoms with Gasteiger partial charge in [-0.25, -0.2) is 4.98 Å². The van der Waals surface area contributed by atoms with Gasteiger partial charge in [0.15, 0.2) is 5.96 Å². The molecule has 0 saturated carbocycles. The van der Waals surface area contributed by atoms with Crippen molar-refractivity contribution in [3.8, 4) is 0 Å². The zero-order valence-corrected chi connectivity index (χ0v) is 18.1. The average molecular weight is 394 g/mol. The molecule has 2 aromatic heterocycles. The van der Waals surface area contributed by atoms with E-state index in [-0.39, 0.29) is 12.1 Å². The van der Waals surface area contributed by atoms with Crippen molar-refractivity contribution in [1.82, 2.24) is 29.9 Å². The number of nitrogens with zero attached hydrogens (tertiary/aromatic N) is 6. The summed E-state index contributed by atoms with van der Waals surface area (Å²) in [4.78, 5) is 13.3. The van der Waals surface area contributed by atoms with Crippen molar-refractivity contribution in [1.29, 1.82) is 0 Å². The fraction of sp³-hybridized carbons (Fsp3) is 0.611. The maximum atomic E-state index is 5.34. The third kappa shape index (κ3) is 5.75. The summed E-state index contributed by atoms with van der Waals surface area (Å²) in [7, 11) is 11.6. The predicted octanol–water partition coefficient (Wildman–Crippen LogP) is 1.89. The topological polar surface area (TPSA) is 70.8 Å². The Bertz CT molecular complexity index is 740. The van der Waals surface area contributed by atoms with E-state index in [9.17, 15) is 0 Å². The van der Waals surface area contributed by atoms with Crippen LogP contribution >= 0.6 is 11.3 Å². The van der Waals surface area contributed by atoms with Crippen LogP contribution in [0.2, 0.25) is 0 Å². The van der Waals surface area contributed by atoms with Crippen molar-refractivity contribution in [2.75, 3.05) is 41.8 Å². The highest BCUT2D eigenvalue weighted by Gasteiger charge is 2.18. The molecule has 27 heavy (non-hydrogen) atoms. The van der Waals surface area contributed by atoms with Gasteiger partial charge in [0.05, 0.1) is 24.5 Å². The van der Waals surface area contributed by atoms with Crippen LogP contribution in [0.25, 0.3) is 0 Å². The van der Waals surface area contributed by atoms with E-state index in [1.807, 2.05) is 38.1 Å². The molecule has 9 heteroatoms. The van der Waals surface area contributed by atoms with Crippen LogP contribution in [-0.2, 0) is 18.3 Å². The van der Waals surface area contributed by atoms with E-state index in [0.29, 0.717) is 6.54 Å². The second-order valence-corrected chi connectivity index (χ2v) is 7.66. The quantitative estimate of drug-likeness (QED) is 0.546. The Kier molecular flexibility index (Phi) is 7.76. The van der Waals surface area contributed by atoms with Crippen LogP contribution in [-0.4, -0.2) is 72.4 Å². The molecule has 0 fully saturated rings. The summed E-state index contributed by atoms with van der Waals surface area (Å²) in [5.41, 5.74) is 2.19. The molecule has 0 aliphatic carbocycles. The predicted molar refractivity (Wildman–Crippen MR) is 110 cm³/mol. The standard InChI is InChI=1S/C18H31N7OS/c1-13(26-7)17-22-15(12-27-17)11-24(5)18(19-2)20-9-16(23(3)4)14-8-21-25(6)10-14/h8,10,12-13,16H,9,11H2,1-7H3,(H,19,20). The number of ether oxygens (including phenoxy) is 1. The van der Waals surface area contributed by atoms with Crippen LogP contribution < -0.4 is 5.32 Å². The minimum Gasteiger partial charge on any atom is -0.375 e. The highest BCUT2D eigenvalue weighted by molar-refractivity contribution is 7.09. The highest BCUT2D eigenvalue weighted by atomic mass is 32.1. The van der Waals surface area contributed by atoms with Gasteiger partial charge in [-0.05, 0) is 21.0 Å². The van der Waals surface area contributed by atoms with Gasteiger partial charge in [-0.1, -0.05) is 0 Å². The molecular weight excluding hydrogens is 362 g/mol. The summed E-state index contributed by atoms with van der Waals surface area (Å²) in [5.74, 6) is 0.833. The molecule has 1 N–H and O–H groups in total. The number of aryl methyl sites for hydroxylation is 1. The third-order valence-corrected chi connectivity index (χ3v) is 5.48. The number of nitrogens with one attached hydrogen (secondary N) is 1. The number of aliphatic imine (C=N–C) groups is 1. The van der Waals surface area contributed by atoms with Crippen LogP contribution in [0.1, 0.15) is 35.3 Å². The second kappa shape index (κ2) is 9.82. The number of aromatic nitrogens is 3. The minimum absolute atomic E-state index is 0.0202. The van der Waals surface area contributed by atoms with E-state index in [1.165, 1.54) is 5.56 Å². The monoisotopic (exact) mass is 393 g/mol. The van der Waals surface area contributed by atoms with Gasteiger partial charge in [-0.15, -0.1) is 11.3 Å². The Labute approximate surface area is 165 Å². The molecule has 2 aromatic rings. The van der Waals surface area contributed by atoms with Crippen LogP contribution in [0.4, 0.5) is 0 Å². The molecular formula is C18H31N7OS. The van der Waals surface area contributed by atoms with Crippen LogP contribution in [0, 0.1) is 0 Å². The largest absolute Gasteiger partial charge is 0.375 e. The molecule has 0 saturated heterocycles. The Balaban J connectivity index is 1.98. The zero-order chi connectivity index (χ0) is 20.0. The molecule has 2 heterocycles. The molecule has 0 bridgehead atoms. The Hall–Kier alpha value is -1.97. The minimum atomic E-state index is 0.0202. The van der Waals surface area contributed by atoms with E-state index < -0.39 is 0 Å². The first-order valence-electron chi connectivity index (χ1n) is 8.89. The Morgan fingerprint density at radius 2 is 2.15 bits per heavy atom. The van der Waals surface area contributed by atoms with E-state index in [0.717, 1.165) is 23.2 Å². The summed E-state index contributed by atoms with van der Waals surface area (Å²) in [6.45, 7) is 3.43. The fourth-order valence-corrected chi connectivity index (χ4v) is 3.63. The summed E-state index contributed by atoms with van der Waals surface area (Å²) in [5, 5.41) is 10.8. The van der Waals surface area contributed by atoms with Crippen LogP contribution in [0.15, 0.2) is 22.8 Å². The van der Waals surface area contributed by atoms with Gasteiger partial charge in [0.1, 0.15) is 11.1 Å². The van der Waals surface area contributed by atoms with Crippen molar-refractivity contribution in [3.05, 3.63) is 34.0 Å². The molecule has 2 unspecified atom stereocenters. The molecule has 0 amide bonds. The molecule has 0 aliphatic heterocycles. The molecule has 150 valence electrons. The number of thiazole rings is 1. The first kappa shape index (κ1) is 21.3. The maximum Gasteiger partial charge on any atom is 0.193 e. The van der Waals surface area contributed by atoms with Gasteiger partial charge in [0.2, 0.25) is 0 Å². The highest BCUT2D eigenvalue weighted by Crippen LogP contribution is 2.21. The lowest BCUT2D eigenvalue weighted by atomic mass is 10.1. The lowest BCUT2D eigenvalue weighted by molar-refractivity contribution is 0.119. The van der Waals surface area contributed by atoms with Gasteiger partial charge in [0.25, 0.3) is 0 Å². The zero-order valence-electron chi connectivity index (χ0n) is 17.3. The molecule has 0 aliphatic rings. The van der Waals surface area contributed by atoms with E-state index in [4.69, 9.17) is 4.74 Å². The van der Waals surface area contributed by atoms with Crippen molar-refractivity contribution < 1.29 is 4.74 Å². The lowest BCUT2D eigenvalue weighted by Crippen LogP contribution is -2.42. The summed E-state index contributed by atoms with van der Waals surface area (Å²) in [6, 6.07) is 0.206. The van der Waals surface area contributed by atoms with Gasteiger partial charge in [-0.3, -0.25) is 9.67 Å². The van der Waals surface area contributed by atoms with E-state index in [1.54, 1.807) is 25.5 Å². The number of methoxy groups -OCH3 is 1. The molecule has 8 nitrogen and oxygen atoms in total. The smallest absolute Gasteiger partial charge is 0.193 e. The van der Waals surface area contributed by atoms with Crippen molar-refractivity contribution in [3.63, 3.8) is 0 Å². The van der Waals surface area contributed by atoms with Crippen LogP contribution in [0.3, 0.4) is 0 Å². The van der Waals surface area contributed by atoms with E-state index >= 15 is 0 Å².